The fraction of sp³-hybridized carbons (Fsp3) is 0.682. The molecule has 0 unspecified atom stereocenters. The molecule has 1 aromatic rings. The number of anilines is 1. The van der Waals surface area contributed by atoms with E-state index in [9.17, 15) is 13.2 Å². The maximum atomic E-state index is 12.6. The minimum atomic E-state index is -3.30. The second kappa shape index (κ2) is 9.14. The lowest BCUT2D eigenvalue weighted by Crippen LogP contribution is -2.46. The van der Waals surface area contributed by atoms with E-state index in [4.69, 9.17) is 4.74 Å². The Morgan fingerprint density at radius 1 is 1.17 bits per heavy atom. The van der Waals surface area contributed by atoms with Gasteiger partial charge in [0.1, 0.15) is 12.4 Å². The smallest absolute Gasteiger partial charge is 0.257 e. The van der Waals surface area contributed by atoms with Gasteiger partial charge in [-0.2, -0.15) is 0 Å². The van der Waals surface area contributed by atoms with Crippen molar-refractivity contribution in [3.05, 3.63) is 23.8 Å². The monoisotopic (exact) mass is 437 g/mol. The number of hydrogen-bond acceptors (Lipinski definition) is 5. The number of carbonyl (C=O) groups is 1. The quantitative estimate of drug-likeness (QED) is 0.713. The van der Waals surface area contributed by atoms with Crippen molar-refractivity contribution >= 4 is 21.6 Å². The third-order valence-corrected chi connectivity index (χ3v) is 8.33. The molecule has 0 bridgehead atoms. The summed E-state index contributed by atoms with van der Waals surface area (Å²) in [5, 5.41) is 3.47. The molecule has 0 saturated heterocycles. The highest BCUT2D eigenvalue weighted by atomic mass is 32.2. The minimum Gasteiger partial charge on any atom is -0.491 e. The number of hydrogen-bond donors (Lipinski definition) is 2. The first-order valence-electron chi connectivity index (χ1n) is 10.9. The summed E-state index contributed by atoms with van der Waals surface area (Å²) in [5.74, 6) is 1.16. The second-order valence-electron chi connectivity index (χ2n) is 9.28. The highest BCUT2D eigenvalue weighted by molar-refractivity contribution is 7.90. The molecule has 7 nitrogen and oxygen atoms in total. The highest BCUT2D eigenvalue weighted by Gasteiger charge is 2.32. The first kappa shape index (κ1) is 22.9. The van der Waals surface area contributed by atoms with E-state index in [0.29, 0.717) is 36.9 Å². The van der Waals surface area contributed by atoms with Crippen LogP contribution in [-0.2, 0) is 10.0 Å². The predicted molar refractivity (Wildman–Crippen MR) is 120 cm³/mol. The summed E-state index contributed by atoms with van der Waals surface area (Å²) in [7, 11) is -3.30. The molecule has 168 valence electrons. The van der Waals surface area contributed by atoms with E-state index in [0.717, 1.165) is 37.9 Å². The first-order valence-corrected chi connectivity index (χ1v) is 12.4. The summed E-state index contributed by atoms with van der Waals surface area (Å²) >= 11 is 0. The molecule has 1 aliphatic heterocycles. The van der Waals surface area contributed by atoms with E-state index in [-0.39, 0.29) is 11.9 Å². The van der Waals surface area contributed by atoms with Crippen LogP contribution in [0.4, 0.5) is 5.69 Å². The van der Waals surface area contributed by atoms with Crippen LogP contribution in [0.25, 0.3) is 0 Å². The van der Waals surface area contributed by atoms with Gasteiger partial charge in [-0.1, -0.05) is 0 Å². The lowest BCUT2D eigenvalue weighted by Gasteiger charge is -2.31. The van der Waals surface area contributed by atoms with Crippen molar-refractivity contribution in [2.24, 2.45) is 5.92 Å². The molecule has 1 aliphatic carbocycles. The van der Waals surface area contributed by atoms with Gasteiger partial charge in [0.05, 0.1) is 16.9 Å². The molecule has 0 radical (unpaired) electrons. The fourth-order valence-electron chi connectivity index (χ4n) is 3.91. The summed E-state index contributed by atoms with van der Waals surface area (Å²) in [4.78, 5) is 14.3. The van der Waals surface area contributed by atoms with E-state index >= 15 is 0 Å². The van der Waals surface area contributed by atoms with Crippen molar-refractivity contribution in [2.45, 2.75) is 64.2 Å². The third-order valence-electron chi connectivity index (χ3n) is 6.07. The SMILES string of the molecule is CCN1CCOc2cc(NCC3CCC(NS(=O)(=O)C(C)(C)C)CC3)ccc2C1=O. The van der Waals surface area contributed by atoms with E-state index in [1.54, 1.807) is 25.7 Å². The van der Waals surface area contributed by atoms with Gasteiger partial charge in [0.2, 0.25) is 10.0 Å². The number of amides is 1. The maximum absolute atomic E-state index is 12.6. The molecule has 3 rings (SSSR count). The molecule has 2 aliphatic rings. The van der Waals surface area contributed by atoms with Crippen molar-refractivity contribution in [3.63, 3.8) is 0 Å². The summed E-state index contributed by atoms with van der Waals surface area (Å²) in [5.41, 5.74) is 1.56. The summed E-state index contributed by atoms with van der Waals surface area (Å²) < 4.78 is 32.6. The molecule has 2 N–H and O–H groups in total. The maximum Gasteiger partial charge on any atom is 0.257 e. The van der Waals surface area contributed by atoms with Gasteiger partial charge < -0.3 is 15.0 Å². The van der Waals surface area contributed by atoms with Crippen LogP contribution in [0.1, 0.15) is 63.7 Å². The summed E-state index contributed by atoms with van der Waals surface area (Å²) in [6.45, 7) is 9.76. The van der Waals surface area contributed by atoms with Crippen molar-refractivity contribution in [3.8, 4) is 5.75 Å². The predicted octanol–water partition coefficient (Wildman–Crippen LogP) is 3.23. The largest absolute Gasteiger partial charge is 0.491 e. The molecule has 0 atom stereocenters. The highest BCUT2D eigenvalue weighted by Crippen LogP contribution is 2.29. The number of nitrogens with zero attached hydrogens (tertiary/aromatic N) is 1. The molecule has 1 heterocycles. The standard InChI is InChI=1S/C22H35N3O4S/c1-5-25-12-13-29-20-14-18(10-11-19(20)21(25)26)23-15-16-6-8-17(9-7-16)24-30(27,28)22(2,3)4/h10-11,14,16-17,23-24H,5-9,12-13,15H2,1-4H3. The van der Waals surface area contributed by atoms with Crippen LogP contribution < -0.4 is 14.8 Å². The average molecular weight is 438 g/mol. The zero-order chi connectivity index (χ0) is 21.9. The Morgan fingerprint density at radius 3 is 2.50 bits per heavy atom. The normalized spacial score (nSPS) is 22.8. The van der Waals surface area contributed by atoms with E-state index in [1.807, 2.05) is 25.1 Å². The molecule has 1 saturated carbocycles. The van der Waals surface area contributed by atoms with Crippen molar-refractivity contribution in [1.82, 2.24) is 9.62 Å². The Bertz CT molecular complexity index is 856. The van der Waals surface area contributed by atoms with Crippen molar-refractivity contribution < 1.29 is 17.9 Å². The Labute approximate surface area is 180 Å². The molecule has 0 spiro atoms. The van der Waals surface area contributed by atoms with Gasteiger partial charge >= 0.3 is 0 Å². The molecule has 1 aromatic carbocycles. The van der Waals surface area contributed by atoms with Crippen LogP contribution in [0.3, 0.4) is 0 Å². The number of ether oxygens (including phenoxy) is 1. The number of likely N-dealkylation sites (N-methyl/N-ethyl adjacent to an activating group) is 1. The zero-order valence-electron chi connectivity index (χ0n) is 18.5. The molecular weight excluding hydrogens is 402 g/mol. The van der Waals surface area contributed by atoms with Gasteiger partial charge in [-0.15, -0.1) is 0 Å². The van der Waals surface area contributed by atoms with Crippen LogP contribution in [0.2, 0.25) is 0 Å². The van der Waals surface area contributed by atoms with E-state index in [1.165, 1.54) is 0 Å². The number of fused-ring (bicyclic) bond motifs is 1. The van der Waals surface area contributed by atoms with E-state index in [2.05, 4.69) is 10.0 Å². The van der Waals surface area contributed by atoms with Crippen LogP contribution in [-0.4, -0.2) is 56.3 Å². The molecule has 30 heavy (non-hydrogen) atoms. The number of sulfonamides is 1. The Hall–Kier alpha value is -1.80. The Morgan fingerprint density at radius 2 is 1.87 bits per heavy atom. The summed E-state index contributed by atoms with van der Waals surface area (Å²) in [6, 6.07) is 5.71. The molecule has 1 fully saturated rings. The van der Waals surface area contributed by atoms with Gasteiger partial charge in [0.15, 0.2) is 0 Å². The number of carbonyl (C=O) groups excluding carboxylic acids is 1. The number of rotatable bonds is 6. The minimum absolute atomic E-state index is 0.0209. The topological polar surface area (TPSA) is 87.7 Å². The van der Waals surface area contributed by atoms with Gasteiger partial charge in [0.25, 0.3) is 5.91 Å². The molecule has 8 heteroatoms. The van der Waals surface area contributed by atoms with Gasteiger partial charge in [-0.3, -0.25) is 4.79 Å². The van der Waals surface area contributed by atoms with Crippen LogP contribution in [0, 0.1) is 5.92 Å². The van der Waals surface area contributed by atoms with E-state index < -0.39 is 14.8 Å². The molecular formula is C22H35N3O4S. The van der Waals surface area contributed by atoms with Crippen LogP contribution in [0.15, 0.2) is 18.2 Å². The lowest BCUT2D eigenvalue weighted by atomic mass is 9.86. The summed E-state index contributed by atoms with van der Waals surface area (Å²) in [6.07, 6.45) is 3.68. The fourth-order valence-corrected chi connectivity index (χ4v) is 4.94. The van der Waals surface area contributed by atoms with Crippen LogP contribution >= 0.6 is 0 Å². The van der Waals surface area contributed by atoms with Crippen molar-refractivity contribution in [2.75, 3.05) is 31.6 Å². The van der Waals surface area contributed by atoms with Gasteiger partial charge in [-0.05, 0) is 71.4 Å². The van der Waals surface area contributed by atoms with Gasteiger partial charge in [-0.25, -0.2) is 13.1 Å². The molecule has 1 amide bonds. The van der Waals surface area contributed by atoms with Crippen LogP contribution in [0.5, 0.6) is 5.75 Å². The van der Waals surface area contributed by atoms with Crippen molar-refractivity contribution in [1.29, 1.82) is 0 Å². The van der Waals surface area contributed by atoms with Gasteiger partial charge in [0, 0.05) is 30.9 Å². The third kappa shape index (κ3) is 5.27. The Kier molecular flexibility index (Phi) is 6.97. The second-order valence-corrected chi connectivity index (χ2v) is 11.7. The zero-order valence-corrected chi connectivity index (χ0v) is 19.3. The number of benzene rings is 1. The Balaban J connectivity index is 1.52. The lowest BCUT2D eigenvalue weighted by molar-refractivity contribution is 0.0765. The molecule has 0 aromatic heterocycles. The average Bonchev–Trinajstić information content (AvgIpc) is 2.84. The number of nitrogens with one attached hydrogen (secondary N) is 2. The first-order chi connectivity index (χ1) is 14.1.